The van der Waals surface area contributed by atoms with Gasteiger partial charge in [-0.3, -0.25) is 9.69 Å². The average Bonchev–Trinajstić information content (AvgIpc) is 2.60. The number of hydrogen-bond donors (Lipinski definition) is 0. The van der Waals surface area contributed by atoms with Crippen molar-refractivity contribution in [2.45, 2.75) is 18.5 Å². The first kappa shape index (κ1) is 7.80. The van der Waals surface area contributed by atoms with Crippen LogP contribution in [0, 0.1) is 5.92 Å². The first-order valence-electron chi connectivity index (χ1n) is 4.22. The normalized spacial score (nSPS) is 39.0. The van der Waals surface area contributed by atoms with Crippen LogP contribution in [-0.2, 0) is 9.53 Å². The van der Waals surface area contributed by atoms with E-state index in [1.807, 2.05) is 0 Å². The molecule has 0 amide bonds. The van der Waals surface area contributed by atoms with E-state index >= 15 is 0 Å². The maximum Gasteiger partial charge on any atom is 0.310 e. The number of ether oxygens (including phenoxy) is 1. The Hall–Kier alpha value is -0.830. The molecule has 2 aliphatic rings. The zero-order valence-corrected chi connectivity index (χ0v) is 7.36. The molecule has 0 saturated carbocycles. The summed E-state index contributed by atoms with van der Waals surface area (Å²) in [5.74, 6) is -0.00583. The molecule has 1 fully saturated rings. The number of carbonyl (C=O) groups is 1. The lowest BCUT2D eigenvalue weighted by Gasteiger charge is -2.17. The SMILES string of the molecule is COC(=O)C1CC2C=CC1N2C. The Morgan fingerprint density at radius 2 is 2.33 bits per heavy atom. The summed E-state index contributed by atoms with van der Waals surface area (Å²) in [6.07, 6.45) is 5.20. The van der Waals surface area contributed by atoms with Crippen LogP contribution in [0.3, 0.4) is 0 Å². The van der Waals surface area contributed by atoms with E-state index in [1.165, 1.54) is 7.11 Å². The fraction of sp³-hybridized carbons (Fsp3) is 0.667. The molecule has 2 aliphatic heterocycles. The maximum atomic E-state index is 11.3. The summed E-state index contributed by atoms with van der Waals surface area (Å²) in [5, 5.41) is 0. The van der Waals surface area contributed by atoms with Gasteiger partial charge < -0.3 is 4.74 Å². The van der Waals surface area contributed by atoms with Crippen LogP contribution < -0.4 is 0 Å². The summed E-state index contributed by atoms with van der Waals surface area (Å²) < 4.78 is 4.74. The highest BCUT2D eigenvalue weighted by Gasteiger charge is 2.44. The monoisotopic (exact) mass is 167 g/mol. The number of fused-ring (bicyclic) bond motifs is 2. The number of esters is 1. The standard InChI is InChI=1S/C9H13NO2/c1-10-6-3-4-8(10)7(5-6)9(11)12-2/h3-4,6-8H,5H2,1-2H3. The summed E-state index contributed by atoms with van der Waals surface area (Å²) >= 11 is 0. The van der Waals surface area contributed by atoms with Crippen molar-refractivity contribution < 1.29 is 9.53 Å². The Balaban J connectivity index is 2.14. The van der Waals surface area contributed by atoms with Gasteiger partial charge in [0, 0.05) is 12.1 Å². The van der Waals surface area contributed by atoms with E-state index in [0.717, 1.165) is 6.42 Å². The molecule has 0 N–H and O–H groups in total. The third-order valence-corrected chi connectivity index (χ3v) is 2.94. The Bertz CT molecular complexity index is 237. The van der Waals surface area contributed by atoms with Crippen molar-refractivity contribution in [2.24, 2.45) is 5.92 Å². The third-order valence-electron chi connectivity index (χ3n) is 2.94. The largest absolute Gasteiger partial charge is 0.469 e. The quantitative estimate of drug-likeness (QED) is 0.418. The number of methoxy groups -OCH3 is 1. The molecule has 0 aromatic rings. The van der Waals surface area contributed by atoms with Crippen molar-refractivity contribution >= 4 is 5.97 Å². The second-order valence-corrected chi connectivity index (χ2v) is 3.47. The van der Waals surface area contributed by atoms with Gasteiger partial charge >= 0.3 is 5.97 Å². The summed E-state index contributed by atoms with van der Waals surface area (Å²) in [6.45, 7) is 0. The van der Waals surface area contributed by atoms with Gasteiger partial charge in [-0.1, -0.05) is 12.2 Å². The molecular formula is C9H13NO2. The Morgan fingerprint density at radius 3 is 2.75 bits per heavy atom. The fourth-order valence-corrected chi connectivity index (χ4v) is 2.18. The lowest BCUT2D eigenvalue weighted by Crippen LogP contribution is -2.30. The highest BCUT2D eigenvalue weighted by Crippen LogP contribution is 2.35. The molecule has 66 valence electrons. The zero-order valence-electron chi connectivity index (χ0n) is 7.36. The smallest absolute Gasteiger partial charge is 0.310 e. The van der Waals surface area contributed by atoms with Gasteiger partial charge in [-0.15, -0.1) is 0 Å². The number of nitrogens with zero attached hydrogens (tertiary/aromatic N) is 1. The number of carbonyl (C=O) groups excluding carboxylic acids is 1. The molecule has 2 bridgehead atoms. The van der Waals surface area contributed by atoms with E-state index < -0.39 is 0 Å². The summed E-state index contributed by atoms with van der Waals surface area (Å²) in [5.41, 5.74) is 0. The predicted octanol–water partition coefficient (Wildman–Crippen LogP) is 0.418. The second kappa shape index (κ2) is 2.59. The van der Waals surface area contributed by atoms with Crippen molar-refractivity contribution in [2.75, 3.05) is 14.2 Å². The minimum Gasteiger partial charge on any atom is -0.469 e. The lowest BCUT2D eigenvalue weighted by atomic mass is 9.94. The van der Waals surface area contributed by atoms with Crippen molar-refractivity contribution in [3.8, 4) is 0 Å². The molecule has 0 aromatic heterocycles. The van der Waals surface area contributed by atoms with Crippen LogP contribution in [0.15, 0.2) is 12.2 Å². The Kier molecular flexibility index (Phi) is 1.68. The van der Waals surface area contributed by atoms with E-state index in [-0.39, 0.29) is 17.9 Å². The van der Waals surface area contributed by atoms with E-state index in [1.54, 1.807) is 0 Å². The van der Waals surface area contributed by atoms with Gasteiger partial charge in [0.05, 0.1) is 13.0 Å². The molecule has 0 spiro atoms. The van der Waals surface area contributed by atoms with Crippen molar-refractivity contribution in [1.29, 1.82) is 0 Å². The number of hydrogen-bond acceptors (Lipinski definition) is 3. The van der Waals surface area contributed by atoms with E-state index in [2.05, 4.69) is 24.1 Å². The van der Waals surface area contributed by atoms with Gasteiger partial charge in [0.1, 0.15) is 0 Å². The number of rotatable bonds is 1. The molecule has 3 atom stereocenters. The van der Waals surface area contributed by atoms with Crippen molar-refractivity contribution in [1.82, 2.24) is 4.90 Å². The molecule has 2 rings (SSSR count). The minimum absolute atomic E-state index is 0.0648. The Labute approximate surface area is 72.0 Å². The Morgan fingerprint density at radius 1 is 1.58 bits per heavy atom. The molecule has 3 heteroatoms. The fourth-order valence-electron chi connectivity index (χ4n) is 2.18. The lowest BCUT2D eigenvalue weighted by molar-refractivity contribution is -0.145. The molecule has 1 saturated heterocycles. The third kappa shape index (κ3) is 0.894. The first-order valence-corrected chi connectivity index (χ1v) is 4.22. The molecular weight excluding hydrogens is 154 g/mol. The first-order chi connectivity index (χ1) is 5.74. The van der Waals surface area contributed by atoms with Crippen LogP contribution in [0.1, 0.15) is 6.42 Å². The van der Waals surface area contributed by atoms with Gasteiger partial charge in [0.15, 0.2) is 0 Å². The van der Waals surface area contributed by atoms with Crippen LogP contribution >= 0.6 is 0 Å². The van der Waals surface area contributed by atoms with E-state index in [9.17, 15) is 4.79 Å². The zero-order chi connectivity index (χ0) is 8.72. The van der Waals surface area contributed by atoms with Crippen LogP contribution in [-0.4, -0.2) is 37.1 Å². The van der Waals surface area contributed by atoms with Crippen LogP contribution in [0.4, 0.5) is 0 Å². The summed E-state index contributed by atoms with van der Waals surface area (Å²) in [4.78, 5) is 13.5. The van der Waals surface area contributed by atoms with Crippen LogP contribution in [0.2, 0.25) is 0 Å². The van der Waals surface area contributed by atoms with Gasteiger partial charge in [0.2, 0.25) is 0 Å². The van der Waals surface area contributed by atoms with E-state index in [0.29, 0.717) is 6.04 Å². The summed E-state index contributed by atoms with van der Waals surface area (Å²) in [6, 6.07) is 0.738. The average molecular weight is 167 g/mol. The molecule has 0 radical (unpaired) electrons. The number of likely N-dealkylation sites (N-methyl/N-ethyl adjacent to an activating group) is 1. The molecule has 3 unspecified atom stereocenters. The minimum atomic E-state index is -0.0706. The molecule has 2 heterocycles. The molecule has 3 nitrogen and oxygen atoms in total. The maximum absolute atomic E-state index is 11.3. The highest BCUT2D eigenvalue weighted by atomic mass is 16.5. The van der Waals surface area contributed by atoms with Gasteiger partial charge in [-0.05, 0) is 13.5 Å². The van der Waals surface area contributed by atoms with Gasteiger partial charge in [-0.2, -0.15) is 0 Å². The summed E-state index contributed by atoms with van der Waals surface area (Å²) in [7, 11) is 3.51. The second-order valence-electron chi connectivity index (χ2n) is 3.47. The van der Waals surface area contributed by atoms with Crippen LogP contribution in [0.5, 0.6) is 0 Å². The molecule has 0 aliphatic carbocycles. The van der Waals surface area contributed by atoms with Crippen molar-refractivity contribution in [3.63, 3.8) is 0 Å². The topological polar surface area (TPSA) is 29.5 Å². The molecule has 12 heavy (non-hydrogen) atoms. The van der Waals surface area contributed by atoms with Gasteiger partial charge in [0.25, 0.3) is 0 Å². The predicted molar refractivity (Wildman–Crippen MR) is 44.6 cm³/mol. The van der Waals surface area contributed by atoms with Crippen LogP contribution in [0.25, 0.3) is 0 Å². The van der Waals surface area contributed by atoms with E-state index in [4.69, 9.17) is 4.74 Å². The van der Waals surface area contributed by atoms with Crippen molar-refractivity contribution in [3.05, 3.63) is 12.2 Å². The van der Waals surface area contributed by atoms with Gasteiger partial charge in [-0.25, -0.2) is 0 Å². The highest BCUT2D eigenvalue weighted by molar-refractivity contribution is 5.74. The molecule has 0 aromatic carbocycles.